The van der Waals surface area contributed by atoms with E-state index in [-0.39, 0.29) is 5.91 Å². The predicted octanol–water partition coefficient (Wildman–Crippen LogP) is 0.292. The number of carbonyl (C=O) groups is 1. The molecule has 8 heteroatoms. The molecule has 3 fully saturated rings. The van der Waals surface area contributed by atoms with E-state index in [1.165, 1.54) is 0 Å². The number of hydrogen-bond acceptors (Lipinski definition) is 7. The second-order valence-corrected chi connectivity index (χ2v) is 6.27. The van der Waals surface area contributed by atoms with Crippen LogP contribution in [0.1, 0.15) is 23.2 Å². The Bertz CT molecular complexity index is 572. The van der Waals surface area contributed by atoms with Crippen LogP contribution in [0.2, 0.25) is 0 Å². The van der Waals surface area contributed by atoms with E-state index in [1.54, 1.807) is 12.4 Å². The van der Waals surface area contributed by atoms with Crippen LogP contribution in [-0.4, -0.2) is 79.2 Å². The highest BCUT2D eigenvalue weighted by atomic mass is 16.7. The summed E-state index contributed by atoms with van der Waals surface area (Å²) in [4.78, 5) is 25.2. The molecule has 0 aliphatic carbocycles. The van der Waals surface area contributed by atoms with Gasteiger partial charge in [-0.05, 0) is 0 Å². The number of ether oxygens (including phenoxy) is 3. The van der Waals surface area contributed by atoms with Gasteiger partial charge in [-0.25, -0.2) is 9.97 Å². The van der Waals surface area contributed by atoms with Gasteiger partial charge in [0.2, 0.25) is 5.95 Å². The quantitative estimate of drug-likeness (QED) is 0.769. The molecule has 0 aromatic carbocycles. The molecule has 3 saturated heterocycles. The van der Waals surface area contributed by atoms with Gasteiger partial charge in [-0.15, -0.1) is 0 Å². The Morgan fingerprint density at radius 1 is 0.958 bits per heavy atom. The van der Waals surface area contributed by atoms with Crippen molar-refractivity contribution in [1.29, 1.82) is 0 Å². The molecule has 1 spiro atoms. The number of aromatic nitrogens is 2. The van der Waals surface area contributed by atoms with Crippen molar-refractivity contribution in [2.75, 3.05) is 57.5 Å². The first kappa shape index (κ1) is 15.7. The number of hydrogen-bond donors (Lipinski definition) is 0. The standard InChI is InChI=1S/C16H22N4O4/c21-14(19-3-1-16(2-4-19)23-9-10-24-16)13-11-17-15(18-12-13)20-5-7-22-8-6-20/h11-12H,1-10H2. The summed E-state index contributed by atoms with van der Waals surface area (Å²) in [6, 6.07) is 0. The molecule has 0 radical (unpaired) electrons. The van der Waals surface area contributed by atoms with Crippen LogP contribution in [0.25, 0.3) is 0 Å². The van der Waals surface area contributed by atoms with Gasteiger partial charge in [0.05, 0.1) is 32.0 Å². The summed E-state index contributed by atoms with van der Waals surface area (Å²) >= 11 is 0. The smallest absolute Gasteiger partial charge is 0.256 e. The van der Waals surface area contributed by atoms with E-state index in [4.69, 9.17) is 14.2 Å². The average Bonchev–Trinajstić information content (AvgIpc) is 3.11. The van der Waals surface area contributed by atoms with Gasteiger partial charge in [0, 0.05) is 51.4 Å². The topological polar surface area (TPSA) is 77.0 Å². The van der Waals surface area contributed by atoms with Gasteiger partial charge in [-0.1, -0.05) is 0 Å². The highest BCUT2D eigenvalue weighted by Gasteiger charge is 2.40. The molecule has 4 heterocycles. The van der Waals surface area contributed by atoms with E-state index in [2.05, 4.69) is 14.9 Å². The minimum atomic E-state index is -0.465. The average molecular weight is 334 g/mol. The van der Waals surface area contributed by atoms with Gasteiger partial charge >= 0.3 is 0 Å². The van der Waals surface area contributed by atoms with Crippen molar-refractivity contribution in [1.82, 2.24) is 14.9 Å². The summed E-state index contributed by atoms with van der Waals surface area (Å²) in [5.74, 6) is 0.157. The van der Waals surface area contributed by atoms with Crippen LogP contribution in [0.15, 0.2) is 12.4 Å². The second kappa shape index (κ2) is 6.62. The largest absolute Gasteiger partial charge is 0.378 e. The fraction of sp³-hybridized carbons (Fsp3) is 0.688. The molecule has 3 aliphatic heterocycles. The van der Waals surface area contributed by atoms with Crippen molar-refractivity contribution in [2.45, 2.75) is 18.6 Å². The van der Waals surface area contributed by atoms with Crippen molar-refractivity contribution >= 4 is 11.9 Å². The van der Waals surface area contributed by atoms with E-state index < -0.39 is 5.79 Å². The molecule has 0 bridgehead atoms. The summed E-state index contributed by atoms with van der Waals surface area (Å²) in [5, 5.41) is 0. The van der Waals surface area contributed by atoms with Crippen LogP contribution in [0.4, 0.5) is 5.95 Å². The molecule has 0 unspecified atom stereocenters. The Morgan fingerprint density at radius 3 is 2.21 bits per heavy atom. The third kappa shape index (κ3) is 3.09. The molecule has 130 valence electrons. The molecule has 0 saturated carbocycles. The number of nitrogens with zero attached hydrogens (tertiary/aromatic N) is 4. The van der Waals surface area contributed by atoms with Crippen molar-refractivity contribution in [3.05, 3.63) is 18.0 Å². The van der Waals surface area contributed by atoms with E-state index >= 15 is 0 Å². The number of morpholine rings is 1. The first-order valence-corrected chi connectivity index (χ1v) is 8.48. The maximum Gasteiger partial charge on any atom is 0.256 e. The van der Waals surface area contributed by atoms with Crippen LogP contribution >= 0.6 is 0 Å². The van der Waals surface area contributed by atoms with Crippen molar-refractivity contribution in [3.63, 3.8) is 0 Å². The Balaban J connectivity index is 1.37. The monoisotopic (exact) mass is 334 g/mol. The van der Waals surface area contributed by atoms with Crippen LogP contribution in [-0.2, 0) is 14.2 Å². The van der Waals surface area contributed by atoms with Gasteiger partial charge in [0.1, 0.15) is 0 Å². The third-order valence-corrected chi connectivity index (χ3v) is 4.81. The maximum atomic E-state index is 12.6. The molecule has 4 rings (SSSR count). The van der Waals surface area contributed by atoms with E-state index in [0.717, 1.165) is 13.1 Å². The van der Waals surface area contributed by atoms with E-state index in [0.29, 0.717) is 63.9 Å². The van der Waals surface area contributed by atoms with Crippen LogP contribution in [0.3, 0.4) is 0 Å². The van der Waals surface area contributed by atoms with Gasteiger partial charge in [0.25, 0.3) is 5.91 Å². The summed E-state index contributed by atoms with van der Waals surface area (Å²) in [7, 11) is 0. The lowest BCUT2D eigenvalue weighted by Gasteiger charge is -2.37. The van der Waals surface area contributed by atoms with E-state index in [9.17, 15) is 4.79 Å². The zero-order valence-electron chi connectivity index (χ0n) is 13.6. The number of amides is 1. The Kier molecular flexibility index (Phi) is 4.34. The Labute approximate surface area is 140 Å². The molecular formula is C16H22N4O4. The molecule has 0 N–H and O–H groups in total. The normalized spacial score (nSPS) is 23.7. The zero-order chi connectivity index (χ0) is 16.4. The van der Waals surface area contributed by atoms with Crippen molar-refractivity contribution < 1.29 is 19.0 Å². The number of piperidine rings is 1. The molecule has 8 nitrogen and oxygen atoms in total. The van der Waals surface area contributed by atoms with Crippen LogP contribution in [0.5, 0.6) is 0 Å². The summed E-state index contributed by atoms with van der Waals surface area (Å²) in [5.41, 5.74) is 0.524. The number of carbonyl (C=O) groups excluding carboxylic acids is 1. The lowest BCUT2D eigenvalue weighted by atomic mass is 10.0. The number of rotatable bonds is 2. The van der Waals surface area contributed by atoms with Crippen LogP contribution < -0.4 is 4.90 Å². The second-order valence-electron chi connectivity index (χ2n) is 6.27. The van der Waals surface area contributed by atoms with Gasteiger partial charge in [-0.3, -0.25) is 4.79 Å². The molecule has 1 aromatic rings. The maximum absolute atomic E-state index is 12.6. The summed E-state index contributed by atoms with van der Waals surface area (Å²) in [6.45, 7) is 5.47. The predicted molar refractivity (Wildman–Crippen MR) is 84.8 cm³/mol. The molecule has 1 amide bonds. The number of anilines is 1. The minimum absolute atomic E-state index is 0.0311. The van der Waals surface area contributed by atoms with Crippen molar-refractivity contribution in [3.8, 4) is 0 Å². The Hall–Kier alpha value is -1.77. The highest BCUT2D eigenvalue weighted by Crippen LogP contribution is 2.31. The SMILES string of the molecule is O=C(c1cnc(N2CCOCC2)nc1)N1CCC2(CC1)OCCO2. The lowest BCUT2D eigenvalue weighted by Crippen LogP contribution is -2.47. The molecule has 24 heavy (non-hydrogen) atoms. The minimum Gasteiger partial charge on any atom is -0.378 e. The highest BCUT2D eigenvalue weighted by molar-refractivity contribution is 5.93. The molecule has 3 aliphatic rings. The molecule has 1 aromatic heterocycles. The fourth-order valence-corrected chi connectivity index (χ4v) is 3.38. The summed E-state index contributed by atoms with van der Waals surface area (Å²) in [6.07, 6.45) is 4.66. The first-order valence-electron chi connectivity index (χ1n) is 8.48. The lowest BCUT2D eigenvalue weighted by molar-refractivity contribution is -0.181. The van der Waals surface area contributed by atoms with Crippen LogP contribution in [0, 0.1) is 0 Å². The third-order valence-electron chi connectivity index (χ3n) is 4.81. The van der Waals surface area contributed by atoms with Crippen molar-refractivity contribution in [2.24, 2.45) is 0 Å². The van der Waals surface area contributed by atoms with Gasteiger partial charge in [-0.2, -0.15) is 0 Å². The van der Waals surface area contributed by atoms with Gasteiger partial charge < -0.3 is 24.0 Å². The van der Waals surface area contributed by atoms with Gasteiger partial charge in [0.15, 0.2) is 5.79 Å². The molecular weight excluding hydrogens is 312 g/mol. The van der Waals surface area contributed by atoms with E-state index in [1.807, 2.05) is 4.90 Å². The summed E-state index contributed by atoms with van der Waals surface area (Å²) < 4.78 is 16.7. The first-order chi connectivity index (χ1) is 11.8. The number of likely N-dealkylation sites (tertiary alicyclic amines) is 1. The molecule has 0 atom stereocenters. The Morgan fingerprint density at radius 2 is 1.58 bits per heavy atom. The zero-order valence-corrected chi connectivity index (χ0v) is 13.6. The fourth-order valence-electron chi connectivity index (χ4n) is 3.38.